The monoisotopic (exact) mass is 273 g/mol. The molecule has 0 bridgehead atoms. The van der Waals surface area contributed by atoms with E-state index in [4.69, 9.17) is 10.5 Å². The van der Waals surface area contributed by atoms with E-state index in [2.05, 4.69) is 30.3 Å². The van der Waals surface area contributed by atoms with Gasteiger partial charge in [-0.25, -0.2) is 0 Å². The molecular formula is C18H27NO. The second-order valence-electron chi connectivity index (χ2n) is 6.60. The Labute approximate surface area is 122 Å². The van der Waals surface area contributed by atoms with Crippen molar-refractivity contribution in [2.24, 2.45) is 5.73 Å². The topological polar surface area (TPSA) is 35.2 Å². The standard InChI is InChI=1S/C18H27NO/c19-14-16(15-7-3-1-4-8-15)13-17-9-12-18(20-17)10-5-2-6-11-18/h1,3-4,7-8,16-17H,2,5-6,9-14,19H2. The van der Waals surface area contributed by atoms with Crippen LogP contribution in [0.4, 0.5) is 0 Å². The van der Waals surface area contributed by atoms with Gasteiger partial charge in [-0.2, -0.15) is 0 Å². The van der Waals surface area contributed by atoms with Gasteiger partial charge in [-0.3, -0.25) is 0 Å². The minimum absolute atomic E-state index is 0.235. The Bertz CT molecular complexity index is 411. The van der Waals surface area contributed by atoms with Crippen molar-refractivity contribution < 1.29 is 4.74 Å². The molecule has 2 nitrogen and oxygen atoms in total. The Morgan fingerprint density at radius 2 is 1.85 bits per heavy atom. The third-order valence-electron chi connectivity index (χ3n) is 5.21. The van der Waals surface area contributed by atoms with E-state index >= 15 is 0 Å². The van der Waals surface area contributed by atoms with E-state index < -0.39 is 0 Å². The van der Waals surface area contributed by atoms with Crippen molar-refractivity contribution >= 4 is 0 Å². The molecule has 2 fully saturated rings. The minimum atomic E-state index is 0.235. The Morgan fingerprint density at radius 3 is 2.55 bits per heavy atom. The van der Waals surface area contributed by atoms with Gasteiger partial charge in [0.15, 0.2) is 0 Å². The summed E-state index contributed by atoms with van der Waals surface area (Å²) in [5, 5.41) is 0. The lowest BCUT2D eigenvalue weighted by atomic mass is 9.83. The highest BCUT2D eigenvalue weighted by Crippen LogP contribution is 2.43. The van der Waals surface area contributed by atoms with Crippen LogP contribution in [0.2, 0.25) is 0 Å². The van der Waals surface area contributed by atoms with Gasteiger partial charge in [0, 0.05) is 0 Å². The largest absolute Gasteiger partial charge is 0.372 e. The lowest BCUT2D eigenvalue weighted by molar-refractivity contribution is -0.0671. The number of rotatable bonds is 4. The van der Waals surface area contributed by atoms with E-state index in [1.165, 1.54) is 50.5 Å². The molecule has 0 aromatic heterocycles. The molecule has 0 amide bonds. The first-order chi connectivity index (χ1) is 9.81. The van der Waals surface area contributed by atoms with Crippen LogP contribution in [0.1, 0.15) is 62.8 Å². The number of hydrogen-bond donors (Lipinski definition) is 1. The number of benzene rings is 1. The zero-order valence-electron chi connectivity index (χ0n) is 12.4. The molecule has 20 heavy (non-hydrogen) atoms. The van der Waals surface area contributed by atoms with Gasteiger partial charge < -0.3 is 10.5 Å². The average Bonchev–Trinajstić information content (AvgIpc) is 2.89. The molecule has 2 aliphatic rings. The molecule has 1 saturated heterocycles. The summed E-state index contributed by atoms with van der Waals surface area (Å²) in [5.74, 6) is 0.444. The van der Waals surface area contributed by atoms with Gasteiger partial charge in [0.25, 0.3) is 0 Å². The first-order valence-electron chi connectivity index (χ1n) is 8.24. The van der Waals surface area contributed by atoms with E-state index in [0.29, 0.717) is 12.0 Å². The van der Waals surface area contributed by atoms with Crippen molar-refractivity contribution in [3.63, 3.8) is 0 Å². The molecule has 1 heterocycles. The van der Waals surface area contributed by atoms with Crippen LogP contribution >= 0.6 is 0 Å². The smallest absolute Gasteiger partial charge is 0.0687 e. The summed E-state index contributed by atoms with van der Waals surface area (Å²) in [6.07, 6.45) is 10.7. The van der Waals surface area contributed by atoms with Crippen molar-refractivity contribution in [1.82, 2.24) is 0 Å². The van der Waals surface area contributed by atoms with Crippen LogP contribution in [0.5, 0.6) is 0 Å². The molecule has 110 valence electrons. The van der Waals surface area contributed by atoms with E-state index in [-0.39, 0.29) is 5.60 Å². The molecule has 1 aliphatic heterocycles. The Hall–Kier alpha value is -0.860. The lowest BCUT2D eigenvalue weighted by Crippen LogP contribution is -2.32. The van der Waals surface area contributed by atoms with Crippen molar-refractivity contribution in [3.8, 4) is 0 Å². The van der Waals surface area contributed by atoms with Crippen molar-refractivity contribution in [2.45, 2.75) is 69.0 Å². The fourth-order valence-corrected chi connectivity index (χ4v) is 4.04. The summed E-state index contributed by atoms with van der Waals surface area (Å²) in [7, 11) is 0. The predicted molar refractivity (Wildman–Crippen MR) is 82.8 cm³/mol. The highest BCUT2D eigenvalue weighted by atomic mass is 16.5. The average molecular weight is 273 g/mol. The molecule has 0 radical (unpaired) electrons. The second-order valence-corrected chi connectivity index (χ2v) is 6.60. The Morgan fingerprint density at radius 1 is 1.10 bits per heavy atom. The summed E-state index contributed by atoms with van der Waals surface area (Å²) in [6, 6.07) is 10.7. The number of nitrogens with two attached hydrogens (primary N) is 1. The maximum atomic E-state index is 6.49. The lowest BCUT2D eigenvalue weighted by Gasteiger charge is -2.33. The summed E-state index contributed by atoms with van der Waals surface area (Å²) >= 11 is 0. The zero-order valence-corrected chi connectivity index (χ0v) is 12.4. The molecule has 1 aromatic carbocycles. The van der Waals surface area contributed by atoms with Crippen LogP contribution in [0.15, 0.2) is 30.3 Å². The van der Waals surface area contributed by atoms with E-state index in [1.807, 2.05) is 0 Å². The predicted octanol–water partition coefficient (Wildman–Crippen LogP) is 4.00. The number of hydrogen-bond acceptors (Lipinski definition) is 2. The third-order valence-corrected chi connectivity index (χ3v) is 5.21. The third kappa shape index (κ3) is 3.07. The van der Waals surface area contributed by atoms with E-state index in [0.717, 1.165) is 13.0 Å². The Balaban J connectivity index is 1.60. The SMILES string of the molecule is NCC(CC1CCC2(CCCCC2)O1)c1ccccc1. The van der Waals surface area contributed by atoms with Gasteiger partial charge in [-0.1, -0.05) is 49.6 Å². The van der Waals surface area contributed by atoms with Crippen LogP contribution in [0.25, 0.3) is 0 Å². The van der Waals surface area contributed by atoms with Gasteiger partial charge in [0.05, 0.1) is 11.7 Å². The first-order valence-corrected chi connectivity index (χ1v) is 8.24. The molecule has 2 unspecified atom stereocenters. The first kappa shape index (κ1) is 14.1. The summed E-state index contributed by atoms with van der Waals surface area (Å²) in [5.41, 5.74) is 7.60. The summed E-state index contributed by atoms with van der Waals surface area (Å²) in [6.45, 7) is 0.719. The molecule has 1 aliphatic carbocycles. The normalized spacial score (nSPS) is 26.8. The van der Waals surface area contributed by atoms with Gasteiger partial charge in [0.1, 0.15) is 0 Å². The van der Waals surface area contributed by atoms with Gasteiger partial charge in [-0.15, -0.1) is 0 Å². The highest BCUT2D eigenvalue weighted by molar-refractivity contribution is 5.20. The molecule has 1 spiro atoms. The molecule has 2 N–H and O–H groups in total. The quantitative estimate of drug-likeness (QED) is 0.900. The zero-order chi connectivity index (χ0) is 13.8. The van der Waals surface area contributed by atoms with Crippen LogP contribution in [0.3, 0.4) is 0 Å². The molecule has 2 heteroatoms. The summed E-state index contributed by atoms with van der Waals surface area (Å²) in [4.78, 5) is 0. The van der Waals surface area contributed by atoms with Crippen LogP contribution < -0.4 is 5.73 Å². The fraction of sp³-hybridized carbons (Fsp3) is 0.667. The molecular weight excluding hydrogens is 246 g/mol. The van der Waals surface area contributed by atoms with Crippen molar-refractivity contribution in [3.05, 3.63) is 35.9 Å². The Kier molecular flexibility index (Phi) is 4.42. The van der Waals surface area contributed by atoms with E-state index in [9.17, 15) is 0 Å². The second kappa shape index (κ2) is 6.28. The fourth-order valence-electron chi connectivity index (χ4n) is 4.04. The molecule has 1 saturated carbocycles. The van der Waals surface area contributed by atoms with Crippen molar-refractivity contribution in [1.29, 1.82) is 0 Å². The highest BCUT2D eigenvalue weighted by Gasteiger charge is 2.41. The van der Waals surface area contributed by atoms with Gasteiger partial charge >= 0.3 is 0 Å². The van der Waals surface area contributed by atoms with Gasteiger partial charge in [0.2, 0.25) is 0 Å². The molecule has 1 aromatic rings. The number of ether oxygens (including phenoxy) is 1. The summed E-state index contributed by atoms with van der Waals surface area (Å²) < 4.78 is 6.49. The van der Waals surface area contributed by atoms with Crippen molar-refractivity contribution in [2.75, 3.05) is 6.54 Å². The maximum absolute atomic E-state index is 6.49. The molecule has 3 rings (SSSR count). The minimum Gasteiger partial charge on any atom is -0.372 e. The van der Waals surface area contributed by atoms with Gasteiger partial charge in [-0.05, 0) is 50.1 Å². The van der Waals surface area contributed by atoms with E-state index in [1.54, 1.807) is 0 Å². The van der Waals surface area contributed by atoms with Crippen LogP contribution in [-0.4, -0.2) is 18.2 Å². The van der Waals surface area contributed by atoms with Crippen LogP contribution in [-0.2, 0) is 4.74 Å². The van der Waals surface area contributed by atoms with Crippen LogP contribution in [0, 0.1) is 0 Å². The maximum Gasteiger partial charge on any atom is 0.0687 e. The molecule has 2 atom stereocenters.